The minimum Gasteiger partial charge on any atom is -0.298 e. The molecule has 3 nitrogen and oxygen atoms in total. The number of carbonyl (C=O) groups is 1. The molecule has 0 unspecified atom stereocenters. The second-order valence-electron chi connectivity index (χ2n) is 2.57. The minimum absolute atomic E-state index is 0.292. The van der Waals surface area contributed by atoms with Crippen molar-refractivity contribution < 1.29 is 4.79 Å². The third-order valence-corrected chi connectivity index (χ3v) is 1.99. The lowest BCUT2D eigenvalue weighted by Crippen LogP contribution is -2.00. The topological polar surface area (TPSA) is 34.9 Å². The Morgan fingerprint density at radius 1 is 1.73 bits per heavy atom. The van der Waals surface area contributed by atoms with Crippen molar-refractivity contribution in [2.24, 2.45) is 0 Å². The van der Waals surface area contributed by atoms with Crippen molar-refractivity contribution in [2.75, 3.05) is 0 Å². The van der Waals surface area contributed by atoms with Gasteiger partial charge in [-0.15, -0.1) is 0 Å². The summed E-state index contributed by atoms with van der Waals surface area (Å²) in [4.78, 5) is 10.4. The fourth-order valence-electron chi connectivity index (χ4n) is 0.727. The first-order valence-electron chi connectivity index (χ1n) is 3.35. The van der Waals surface area contributed by atoms with E-state index in [0.29, 0.717) is 16.2 Å². The van der Waals surface area contributed by atoms with Gasteiger partial charge in [-0.25, -0.2) is 0 Å². The highest BCUT2D eigenvalue weighted by Gasteiger charge is 2.06. The second-order valence-corrected chi connectivity index (χ2v) is 3.32. The van der Waals surface area contributed by atoms with Crippen LogP contribution in [-0.2, 0) is 0 Å². The molecule has 0 N–H and O–H groups in total. The van der Waals surface area contributed by atoms with Gasteiger partial charge in [0.05, 0.1) is 5.56 Å². The molecule has 1 aromatic rings. The first-order chi connectivity index (χ1) is 5.15. The smallest absolute Gasteiger partial charge is 0.154 e. The summed E-state index contributed by atoms with van der Waals surface area (Å²) in [6.45, 7) is 4.02. The zero-order valence-corrected chi connectivity index (χ0v) is 8.00. The van der Waals surface area contributed by atoms with Gasteiger partial charge in [-0.05, 0) is 29.8 Å². The number of carbonyl (C=O) groups excluding carboxylic acids is 1. The third kappa shape index (κ3) is 1.68. The maximum atomic E-state index is 10.4. The molecule has 1 aromatic heterocycles. The van der Waals surface area contributed by atoms with Crippen LogP contribution in [0.5, 0.6) is 0 Å². The molecule has 60 valence electrons. The average Bonchev–Trinajstić information content (AvgIpc) is 2.31. The number of nitrogens with zero attached hydrogens (tertiary/aromatic N) is 2. The van der Waals surface area contributed by atoms with Crippen LogP contribution >= 0.6 is 15.9 Å². The Morgan fingerprint density at radius 3 is 2.64 bits per heavy atom. The molecule has 11 heavy (non-hydrogen) atoms. The van der Waals surface area contributed by atoms with Crippen LogP contribution in [0.3, 0.4) is 0 Å². The number of aromatic nitrogens is 2. The Hall–Kier alpha value is -0.640. The van der Waals surface area contributed by atoms with Crippen molar-refractivity contribution >= 4 is 22.2 Å². The Balaban J connectivity index is 3.04. The fraction of sp³-hybridized carbons (Fsp3) is 0.429. The first-order valence-corrected chi connectivity index (χ1v) is 4.14. The summed E-state index contributed by atoms with van der Waals surface area (Å²) >= 11 is 3.18. The van der Waals surface area contributed by atoms with E-state index in [-0.39, 0.29) is 0 Å². The van der Waals surface area contributed by atoms with Crippen molar-refractivity contribution in [1.29, 1.82) is 0 Å². The lowest BCUT2D eigenvalue weighted by Gasteiger charge is -2.02. The van der Waals surface area contributed by atoms with Crippen molar-refractivity contribution in [3.05, 3.63) is 16.4 Å². The van der Waals surface area contributed by atoms with Gasteiger partial charge in [-0.2, -0.15) is 5.10 Å². The highest BCUT2D eigenvalue weighted by molar-refractivity contribution is 9.10. The zero-order chi connectivity index (χ0) is 8.43. The summed E-state index contributed by atoms with van der Waals surface area (Å²) in [7, 11) is 0. The van der Waals surface area contributed by atoms with Crippen LogP contribution in [0, 0.1) is 0 Å². The van der Waals surface area contributed by atoms with Crippen LogP contribution in [0.25, 0.3) is 0 Å². The molecule has 0 spiro atoms. The fourth-order valence-corrected chi connectivity index (χ4v) is 1.11. The molecule has 0 saturated heterocycles. The van der Waals surface area contributed by atoms with E-state index >= 15 is 0 Å². The first kappa shape index (κ1) is 8.46. The summed E-state index contributed by atoms with van der Waals surface area (Å²) in [6, 6.07) is 0.292. The van der Waals surface area contributed by atoms with Crippen LogP contribution in [0.4, 0.5) is 0 Å². The Kier molecular flexibility index (Phi) is 2.44. The van der Waals surface area contributed by atoms with E-state index in [0.717, 1.165) is 6.29 Å². The van der Waals surface area contributed by atoms with Crippen LogP contribution in [0.1, 0.15) is 30.2 Å². The van der Waals surface area contributed by atoms with Gasteiger partial charge in [0.2, 0.25) is 0 Å². The van der Waals surface area contributed by atoms with Gasteiger partial charge >= 0.3 is 0 Å². The molecule has 0 aliphatic carbocycles. The summed E-state index contributed by atoms with van der Waals surface area (Å²) in [6.07, 6.45) is 2.51. The maximum Gasteiger partial charge on any atom is 0.154 e. The largest absolute Gasteiger partial charge is 0.298 e. The van der Waals surface area contributed by atoms with E-state index in [9.17, 15) is 4.79 Å². The van der Waals surface area contributed by atoms with Gasteiger partial charge in [-0.3, -0.25) is 9.48 Å². The standard InChI is InChI=1S/C7H9BrN2O/c1-5(2)10-3-6(4-11)7(8)9-10/h3-5H,1-2H3. The predicted octanol–water partition coefficient (Wildman–Crippen LogP) is 2.04. The van der Waals surface area contributed by atoms with Crippen LogP contribution < -0.4 is 0 Å². The number of hydrogen-bond acceptors (Lipinski definition) is 2. The lowest BCUT2D eigenvalue weighted by molar-refractivity contribution is 0.112. The summed E-state index contributed by atoms with van der Waals surface area (Å²) < 4.78 is 2.36. The predicted molar refractivity (Wildman–Crippen MR) is 45.7 cm³/mol. The normalized spacial score (nSPS) is 10.5. The highest BCUT2D eigenvalue weighted by Crippen LogP contribution is 2.14. The van der Waals surface area contributed by atoms with Crippen molar-refractivity contribution in [1.82, 2.24) is 9.78 Å². The minimum atomic E-state index is 0.292. The molecule has 0 bridgehead atoms. The average molecular weight is 217 g/mol. The SMILES string of the molecule is CC(C)n1cc(C=O)c(Br)n1. The number of aldehydes is 1. The molecule has 0 aliphatic rings. The highest BCUT2D eigenvalue weighted by atomic mass is 79.9. The van der Waals surface area contributed by atoms with Crippen molar-refractivity contribution in [3.63, 3.8) is 0 Å². The maximum absolute atomic E-state index is 10.4. The van der Waals surface area contributed by atoms with Crippen LogP contribution in [-0.4, -0.2) is 16.1 Å². The van der Waals surface area contributed by atoms with E-state index in [1.165, 1.54) is 0 Å². The number of rotatable bonds is 2. The van der Waals surface area contributed by atoms with Crippen molar-refractivity contribution in [3.8, 4) is 0 Å². The molecule has 0 aromatic carbocycles. The van der Waals surface area contributed by atoms with E-state index in [2.05, 4.69) is 21.0 Å². The van der Waals surface area contributed by atoms with Crippen LogP contribution in [0.2, 0.25) is 0 Å². The molecule has 4 heteroatoms. The molecule has 0 radical (unpaired) electrons. The van der Waals surface area contributed by atoms with Gasteiger partial charge < -0.3 is 0 Å². The van der Waals surface area contributed by atoms with Gasteiger partial charge in [-0.1, -0.05) is 0 Å². The molecule has 0 amide bonds. The molecule has 0 aliphatic heterocycles. The lowest BCUT2D eigenvalue weighted by atomic mass is 10.4. The van der Waals surface area contributed by atoms with Crippen LogP contribution in [0.15, 0.2) is 10.8 Å². The molecular weight excluding hydrogens is 208 g/mol. The monoisotopic (exact) mass is 216 g/mol. The van der Waals surface area contributed by atoms with E-state index in [1.54, 1.807) is 10.9 Å². The Morgan fingerprint density at radius 2 is 2.36 bits per heavy atom. The summed E-state index contributed by atoms with van der Waals surface area (Å²) in [5.74, 6) is 0. The molecule has 1 rings (SSSR count). The zero-order valence-electron chi connectivity index (χ0n) is 6.41. The molecule has 0 fully saturated rings. The molecular formula is C7H9BrN2O. The summed E-state index contributed by atoms with van der Waals surface area (Å²) in [5, 5.41) is 4.08. The summed E-state index contributed by atoms with van der Waals surface area (Å²) in [5.41, 5.74) is 0.596. The number of halogens is 1. The Labute approximate surface area is 73.5 Å². The number of hydrogen-bond donors (Lipinski definition) is 0. The van der Waals surface area contributed by atoms with E-state index < -0.39 is 0 Å². The second kappa shape index (κ2) is 3.17. The quantitative estimate of drug-likeness (QED) is 0.710. The van der Waals surface area contributed by atoms with Gasteiger partial charge in [0, 0.05) is 12.2 Å². The van der Waals surface area contributed by atoms with E-state index in [4.69, 9.17) is 0 Å². The third-order valence-electron chi connectivity index (χ3n) is 1.37. The Bertz CT molecular complexity index is 267. The van der Waals surface area contributed by atoms with Crippen molar-refractivity contribution in [2.45, 2.75) is 19.9 Å². The van der Waals surface area contributed by atoms with E-state index in [1.807, 2.05) is 13.8 Å². The molecule has 0 saturated carbocycles. The van der Waals surface area contributed by atoms with Gasteiger partial charge in [0.1, 0.15) is 4.60 Å². The molecule has 0 atom stereocenters. The molecule has 1 heterocycles. The van der Waals surface area contributed by atoms with Gasteiger partial charge in [0.15, 0.2) is 6.29 Å². The van der Waals surface area contributed by atoms with Gasteiger partial charge in [0.25, 0.3) is 0 Å².